The minimum atomic E-state index is -0.0568. The number of hydrogen-bond donors (Lipinski definition) is 1. The van der Waals surface area contributed by atoms with Crippen molar-refractivity contribution in [1.82, 2.24) is 15.3 Å². The smallest absolute Gasteiger partial charge is 0.278 e. The SMILES string of the molecule is Cc1ccc2c(c1)C1(CCNCC1)CN2C(=O)c1cnccn1. The molecule has 0 radical (unpaired) electrons. The van der Waals surface area contributed by atoms with E-state index < -0.39 is 0 Å². The molecule has 1 fully saturated rings. The second-order valence-electron chi connectivity index (χ2n) is 6.53. The van der Waals surface area contributed by atoms with E-state index in [0.717, 1.165) is 38.2 Å². The fourth-order valence-electron chi connectivity index (χ4n) is 3.84. The number of aromatic nitrogens is 2. The molecule has 2 aromatic rings. The third-order valence-corrected chi connectivity index (χ3v) is 5.06. The molecular weight excluding hydrogens is 288 g/mol. The molecule has 3 heterocycles. The number of nitrogens with zero attached hydrogens (tertiary/aromatic N) is 3. The second kappa shape index (κ2) is 5.42. The Morgan fingerprint density at radius 1 is 1.26 bits per heavy atom. The van der Waals surface area contributed by atoms with Gasteiger partial charge in [-0.05, 0) is 44.5 Å². The molecule has 4 rings (SSSR count). The number of carbonyl (C=O) groups excluding carboxylic acids is 1. The third-order valence-electron chi connectivity index (χ3n) is 5.06. The molecule has 2 aliphatic heterocycles. The van der Waals surface area contributed by atoms with Crippen LogP contribution in [-0.2, 0) is 5.41 Å². The molecule has 0 aliphatic carbocycles. The van der Waals surface area contributed by atoms with Gasteiger partial charge in [0.25, 0.3) is 5.91 Å². The number of hydrogen-bond acceptors (Lipinski definition) is 4. The average Bonchev–Trinajstić information content (AvgIpc) is 2.89. The van der Waals surface area contributed by atoms with Crippen molar-refractivity contribution in [2.24, 2.45) is 0 Å². The van der Waals surface area contributed by atoms with Crippen molar-refractivity contribution in [3.63, 3.8) is 0 Å². The summed E-state index contributed by atoms with van der Waals surface area (Å²) < 4.78 is 0. The summed E-state index contributed by atoms with van der Waals surface area (Å²) in [6.07, 6.45) is 6.83. The maximum absolute atomic E-state index is 12.9. The van der Waals surface area contributed by atoms with E-state index in [9.17, 15) is 4.79 Å². The van der Waals surface area contributed by atoms with Crippen molar-refractivity contribution in [2.75, 3.05) is 24.5 Å². The minimum Gasteiger partial charge on any atom is -0.317 e. The van der Waals surface area contributed by atoms with Crippen LogP contribution in [0.25, 0.3) is 0 Å². The zero-order chi connectivity index (χ0) is 15.9. The predicted molar refractivity (Wildman–Crippen MR) is 88.7 cm³/mol. The van der Waals surface area contributed by atoms with E-state index in [0.29, 0.717) is 5.69 Å². The molecule has 0 saturated carbocycles. The standard InChI is InChI=1S/C18H20N4O/c1-13-2-3-16-14(10-13)18(4-6-19-7-5-18)12-22(16)17(23)15-11-20-8-9-21-15/h2-3,8-11,19H,4-7,12H2,1H3. The Morgan fingerprint density at radius 2 is 2.09 bits per heavy atom. The van der Waals surface area contributed by atoms with Crippen molar-refractivity contribution in [3.05, 3.63) is 53.6 Å². The Morgan fingerprint density at radius 3 is 2.83 bits per heavy atom. The van der Waals surface area contributed by atoms with E-state index in [-0.39, 0.29) is 11.3 Å². The first-order valence-electron chi connectivity index (χ1n) is 8.09. The van der Waals surface area contributed by atoms with Gasteiger partial charge in [-0.25, -0.2) is 4.98 Å². The Bertz CT molecular complexity index is 738. The summed E-state index contributed by atoms with van der Waals surface area (Å²) in [5, 5.41) is 3.43. The summed E-state index contributed by atoms with van der Waals surface area (Å²) in [6.45, 7) is 4.85. The molecule has 23 heavy (non-hydrogen) atoms. The van der Waals surface area contributed by atoms with Gasteiger partial charge in [-0.3, -0.25) is 9.78 Å². The molecular formula is C18H20N4O. The molecule has 1 N–H and O–H groups in total. The van der Waals surface area contributed by atoms with Crippen LogP contribution in [0.4, 0.5) is 5.69 Å². The van der Waals surface area contributed by atoms with Gasteiger partial charge in [-0.2, -0.15) is 0 Å². The number of fused-ring (bicyclic) bond motifs is 2. The minimum absolute atomic E-state index is 0.0568. The average molecular weight is 308 g/mol. The first kappa shape index (κ1) is 14.3. The molecule has 0 unspecified atom stereocenters. The Labute approximate surface area is 135 Å². The number of rotatable bonds is 1. The van der Waals surface area contributed by atoms with Gasteiger partial charge in [0.05, 0.1) is 6.20 Å². The van der Waals surface area contributed by atoms with Crippen molar-refractivity contribution in [3.8, 4) is 0 Å². The predicted octanol–water partition coefficient (Wildman–Crippen LogP) is 2.07. The number of anilines is 1. The van der Waals surface area contributed by atoms with Crippen LogP contribution < -0.4 is 10.2 Å². The van der Waals surface area contributed by atoms with Gasteiger partial charge in [0, 0.05) is 30.0 Å². The summed E-state index contributed by atoms with van der Waals surface area (Å²) in [6, 6.07) is 6.41. The number of nitrogens with one attached hydrogen (secondary N) is 1. The molecule has 1 spiro atoms. The van der Waals surface area contributed by atoms with Crippen molar-refractivity contribution in [1.29, 1.82) is 0 Å². The number of carbonyl (C=O) groups is 1. The van der Waals surface area contributed by atoms with E-state index in [1.165, 1.54) is 11.1 Å². The number of piperidine rings is 1. The van der Waals surface area contributed by atoms with Crippen LogP contribution in [0.15, 0.2) is 36.8 Å². The molecule has 0 bridgehead atoms. The largest absolute Gasteiger partial charge is 0.317 e. The molecule has 5 heteroatoms. The highest BCUT2D eigenvalue weighted by atomic mass is 16.2. The van der Waals surface area contributed by atoms with Gasteiger partial charge in [0.2, 0.25) is 0 Å². The summed E-state index contributed by atoms with van der Waals surface area (Å²) in [7, 11) is 0. The molecule has 5 nitrogen and oxygen atoms in total. The Hall–Kier alpha value is -2.27. The Balaban J connectivity index is 1.77. The van der Waals surface area contributed by atoms with Crippen LogP contribution in [0.5, 0.6) is 0 Å². The first-order chi connectivity index (χ1) is 11.2. The quantitative estimate of drug-likeness (QED) is 0.876. The Kier molecular flexibility index (Phi) is 3.38. The van der Waals surface area contributed by atoms with Crippen LogP contribution in [0.3, 0.4) is 0 Å². The van der Waals surface area contributed by atoms with Gasteiger partial charge in [0.1, 0.15) is 5.69 Å². The van der Waals surface area contributed by atoms with Crippen molar-refractivity contribution in [2.45, 2.75) is 25.2 Å². The van der Waals surface area contributed by atoms with Crippen LogP contribution in [-0.4, -0.2) is 35.5 Å². The maximum atomic E-state index is 12.9. The van der Waals surface area contributed by atoms with Gasteiger partial charge in [-0.15, -0.1) is 0 Å². The van der Waals surface area contributed by atoms with Crippen LogP contribution >= 0.6 is 0 Å². The lowest BCUT2D eigenvalue weighted by Crippen LogP contribution is -2.44. The van der Waals surface area contributed by atoms with Gasteiger partial charge < -0.3 is 10.2 Å². The van der Waals surface area contributed by atoms with E-state index >= 15 is 0 Å². The third kappa shape index (κ3) is 2.32. The normalized spacial score (nSPS) is 18.9. The summed E-state index contributed by atoms with van der Waals surface area (Å²) in [5.41, 5.74) is 4.08. The lowest BCUT2D eigenvalue weighted by molar-refractivity contribution is 0.0977. The molecule has 118 valence electrons. The van der Waals surface area contributed by atoms with Crippen LogP contribution in [0.1, 0.15) is 34.5 Å². The molecule has 1 saturated heterocycles. The highest BCUT2D eigenvalue weighted by Gasteiger charge is 2.45. The molecule has 1 aromatic heterocycles. The topological polar surface area (TPSA) is 58.1 Å². The monoisotopic (exact) mass is 308 g/mol. The summed E-state index contributed by atoms with van der Waals surface area (Å²) in [5.74, 6) is -0.0568. The highest BCUT2D eigenvalue weighted by molar-refractivity contribution is 6.06. The maximum Gasteiger partial charge on any atom is 0.278 e. The van der Waals surface area contributed by atoms with E-state index in [1.807, 2.05) is 4.90 Å². The fraction of sp³-hybridized carbons (Fsp3) is 0.389. The molecule has 1 amide bonds. The van der Waals surface area contributed by atoms with E-state index in [1.54, 1.807) is 18.6 Å². The van der Waals surface area contributed by atoms with Gasteiger partial charge in [-0.1, -0.05) is 17.7 Å². The van der Waals surface area contributed by atoms with E-state index in [2.05, 4.69) is 40.4 Å². The number of aryl methyl sites for hydroxylation is 1. The summed E-state index contributed by atoms with van der Waals surface area (Å²) in [4.78, 5) is 23.0. The lowest BCUT2D eigenvalue weighted by Gasteiger charge is -2.34. The van der Waals surface area contributed by atoms with E-state index in [4.69, 9.17) is 0 Å². The zero-order valence-electron chi connectivity index (χ0n) is 13.2. The lowest BCUT2D eigenvalue weighted by atomic mass is 9.74. The fourth-order valence-corrected chi connectivity index (χ4v) is 3.84. The number of benzene rings is 1. The van der Waals surface area contributed by atoms with Crippen LogP contribution in [0.2, 0.25) is 0 Å². The molecule has 2 aliphatic rings. The zero-order valence-corrected chi connectivity index (χ0v) is 13.2. The van der Waals surface area contributed by atoms with Gasteiger partial charge in [0.15, 0.2) is 0 Å². The van der Waals surface area contributed by atoms with Crippen molar-refractivity contribution >= 4 is 11.6 Å². The molecule has 0 atom stereocenters. The second-order valence-corrected chi connectivity index (χ2v) is 6.53. The van der Waals surface area contributed by atoms with Crippen molar-refractivity contribution < 1.29 is 4.79 Å². The first-order valence-corrected chi connectivity index (χ1v) is 8.09. The summed E-state index contributed by atoms with van der Waals surface area (Å²) >= 11 is 0. The van der Waals surface area contributed by atoms with Crippen LogP contribution in [0, 0.1) is 6.92 Å². The number of amides is 1. The van der Waals surface area contributed by atoms with Gasteiger partial charge >= 0.3 is 0 Å². The highest BCUT2D eigenvalue weighted by Crippen LogP contribution is 2.46. The molecule has 1 aromatic carbocycles.